The largest absolute Gasteiger partial charge is 0.504 e. The van der Waals surface area contributed by atoms with Crippen LogP contribution in [0.5, 0.6) is 34.5 Å². The van der Waals surface area contributed by atoms with Gasteiger partial charge in [0, 0.05) is 26.0 Å². The van der Waals surface area contributed by atoms with Crippen molar-refractivity contribution < 1.29 is 96.8 Å². The molecule has 2 aliphatic heterocycles. The van der Waals surface area contributed by atoms with E-state index in [1.807, 2.05) is 0 Å². The van der Waals surface area contributed by atoms with Gasteiger partial charge in [0.05, 0.1) is 34.0 Å². The normalized spacial score (nSPS) is 25.4. The number of rotatable bonds is 18. The lowest BCUT2D eigenvalue weighted by Crippen LogP contribution is -2.66. The van der Waals surface area contributed by atoms with Crippen molar-refractivity contribution in [1.82, 2.24) is 0 Å². The Morgan fingerprint density at radius 2 is 1.22 bits per heavy atom. The third kappa shape index (κ3) is 13.3. The molecule has 20 heteroatoms. The lowest BCUT2D eigenvalue weighted by atomic mass is 9.96. The summed E-state index contributed by atoms with van der Waals surface area (Å²) in [7, 11) is 4.10. The van der Waals surface area contributed by atoms with E-state index in [0.717, 1.165) is 26.0 Å². The van der Waals surface area contributed by atoms with Crippen LogP contribution in [-0.4, -0.2) is 145 Å². The first-order valence-corrected chi connectivity index (χ1v) is 20.1. The predicted molar refractivity (Wildman–Crippen MR) is 224 cm³/mol. The van der Waals surface area contributed by atoms with Crippen LogP contribution in [0.3, 0.4) is 0 Å². The van der Waals surface area contributed by atoms with Crippen molar-refractivity contribution in [2.45, 2.75) is 88.6 Å². The number of hydrogen-bond donors (Lipinski definition) is 5. The van der Waals surface area contributed by atoms with Gasteiger partial charge in [-0.2, -0.15) is 0 Å². The number of methoxy groups -OCH3 is 3. The minimum absolute atomic E-state index is 0.120. The number of aliphatic hydroxyl groups excluding tert-OH is 2. The summed E-state index contributed by atoms with van der Waals surface area (Å²) in [5, 5.41) is 53.3. The van der Waals surface area contributed by atoms with Crippen molar-refractivity contribution in [3.05, 3.63) is 83.4 Å². The predicted octanol–water partition coefficient (Wildman–Crippen LogP) is 2.71. The lowest BCUT2D eigenvalue weighted by molar-refractivity contribution is -0.358. The number of aromatic hydroxyl groups is 3. The highest BCUT2D eigenvalue weighted by Gasteiger charge is 2.54. The van der Waals surface area contributed by atoms with E-state index in [-0.39, 0.29) is 47.5 Å². The summed E-state index contributed by atoms with van der Waals surface area (Å²) >= 11 is 0. The van der Waals surface area contributed by atoms with Gasteiger partial charge in [-0.25, -0.2) is 9.59 Å². The number of phenols is 3. The molecule has 0 saturated carbocycles. The summed E-state index contributed by atoms with van der Waals surface area (Å²) in [6, 6.07) is 13.3. The van der Waals surface area contributed by atoms with E-state index in [1.165, 1.54) is 82.9 Å². The highest BCUT2D eigenvalue weighted by atomic mass is 16.8. The SMILES string of the molecule is COc1ccc(CCO[C@@H]2O[C@H](COC(=O)/C=C/c3ccc(O)c(OC)c3)[C@@H](OC(=O)/C=C/c3ccc(O)c(OC)c3)[C@H](O[C@@H]3O[C@@H](C)[C@H](O)[C@@H](OC(C)=O)[C@H]3OC(C)=O)[C@H]2O)cc1O. The number of aliphatic hydroxyl groups is 2. The van der Waals surface area contributed by atoms with Gasteiger partial charge in [0.15, 0.2) is 65.4 Å². The van der Waals surface area contributed by atoms with Gasteiger partial charge in [0.25, 0.3) is 0 Å². The van der Waals surface area contributed by atoms with Crippen LogP contribution in [0.4, 0.5) is 0 Å². The molecular formula is C45H52O20. The summed E-state index contributed by atoms with van der Waals surface area (Å²) in [6.45, 7) is 2.77. The van der Waals surface area contributed by atoms with Crippen molar-refractivity contribution in [2.24, 2.45) is 0 Å². The first-order chi connectivity index (χ1) is 31.0. The number of carbonyl (C=O) groups excluding carboxylic acids is 4. The molecule has 3 aromatic carbocycles. The van der Waals surface area contributed by atoms with Crippen LogP contribution in [0, 0.1) is 0 Å². The molecule has 10 atom stereocenters. The van der Waals surface area contributed by atoms with E-state index in [4.69, 9.17) is 52.1 Å². The minimum atomic E-state index is -1.85. The fourth-order valence-electron chi connectivity index (χ4n) is 6.85. The maximum atomic E-state index is 13.7. The average molecular weight is 913 g/mol. The summed E-state index contributed by atoms with van der Waals surface area (Å²) in [4.78, 5) is 51.4. The van der Waals surface area contributed by atoms with Crippen LogP contribution >= 0.6 is 0 Å². The van der Waals surface area contributed by atoms with Crippen molar-refractivity contribution >= 4 is 36.0 Å². The topological polar surface area (TPSA) is 271 Å². The number of phenolic OH excluding ortho intramolecular Hbond substituents is 3. The summed E-state index contributed by atoms with van der Waals surface area (Å²) < 4.78 is 62.0. The summed E-state index contributed by atoms with van der Waals surface area (Å²) in [5.74, 6) is -3.53. The van der Waals surface area contributed by atoms with E-state index in [9.17, 15) is 44.7 Å². The van der Waals surface area contributed by atoms with Crippen LogP contribution in [0.2, 0.25) is 0 Å². The molecule has 0 radical (unpaired) electrons. The van der Waals surface area contributed by atoms with Crippen molar-refractivity contribution in [2.75, 3.05) is 34.5 Å². The van der Waals surface area contributed by atoms with E-state index in [2.05, 4.69) is 0 Å². The van der Waals surface area contributed by atoms with E-state index in [1.54, 1.807) is 12.1 Å². The van der Waals surface area contributed by atoms with E-state index < -0.39 is 91.9 Å². The Morgan fingerprint density at radius 1 is 0.631 bits per heavy atom. The van der Waals surface area contributed by atoms with Crippen molar-refractivity contribution in [3.8, 4) is 34.5 Å². The molecule has 352 valence electrons. The van der Waals surface area contributed by atoms with Gasteiger partial charge in [-0.15, -0.1) is 0 Å². The van der Waals surface area contributed by atoms with Crippen LogP contribution in [0.1, 0.15) is 37.5 Å². The van der Waals surface area contributed by atoms with E-state index >= 15 is 0 Å². The zero-order valence-electron chi connectivity index (χ0n) is 36.3. The number of ether oxygens (including phenoxy) is 11. The van der Waals surface area contributed by atoms with Gasteiger partial charge in [-0.3, -0.25) is 9.59 Å². The van der Waals surface area contributed by atoms with Gasteiger partial charge < -0.3 is 77.6 Å². The standard InChI is InChI=1S/C45H52O20/c1-23-38(53)41(61-24(2)46)43(62-25(3)47)45(60-23)65-42-39(54)44(58-18-17-28-9-14-32(55-4)31(50)19-28)63-35(22-59-36(51)15-10-26-7-12-29(48)33(20-26)56-5)40(42)64-37(52)16-11-27-8-13-30(49)34(21-27)57-6/h7-16,19-21,23,35,38-45,48-50,53-54H,17-18,22H2,1-6H3/b15-10+,16-11+/t23-,35+,38-,39+,40+,41+,42+,43+,44+,45-/m0/s1. The first kappa shape index (κ1) is 49.6. The molecule has 5 rings (SSSR count). The van der Waals surface area contributed by atoms with Crippen LogP contribution in [0.15, 0.2) is 66.7 Å². The van der Waals surface area contributed by atoms with Gasteiger partial charge >= 0.3 is 23.9 Å². The molecule has 2 fully saturated rings. The summed E-state index contributed by atoms with van der Waals surface area (Å²) in [6.07, 6.45) is -10.8. The molecule has 3 aromatic rings. The second-order valence-corrected chi connectivity index (χ2v) is 14.7. The molecule has 0 unspecified atom stereocenters. The Morgan fingerprint density at radius 3 is 1.78 bits per heavy atom. The van der Waals surface area contributed by atoms with Crippen LogP contribution in [0.25, 0.3) is 12.2 Å². The second kappa shape index (κ2) is 23.0. The number of benzene rings is 3. The fourth-order valence-corrected chi connectivity index (χ4v) is 6.85. The zero-order chi connectivity index (χ0) is 47.4. The molecule has 0 aliphatic carbocycles. The van der Waals surface area contributed by atoms with Crippen molar-refractivity contribution in [3.63, 3.8) is 0 Å². The molecule has 0 spiro atoms. The average Bonchev–Trinajstić information content (AvgIpc) is 3.27. The fraction of sp³-hybridized carbons (Fsp3) is 0.422. The Balaban J connectivity index is 1.50. The Bertz CT molecular complexity index is 2190. The monoisotopic (exact) mass is 912 g/mol. The Hall–Kier alpha value is -6.42. The minimum Gasteiger partial charge on any atom is -0.504 e. The third-order valence-corrected chi connectivity index (χ3v) is 10.1. The number of carbonyl (C=O) groups is 4. The van der Waals surface area contributed by atoms with Gasteiger partial charge in [-0.1, -0.05) is 18.2 Å². The Labute approximate surface area is 373 Å². The highest BCUT2D eigenvalue weighted by Crippen LogP contribution is 2.35. The highest BCUT2D eigenvalue weighted by molar-refractivity contribution is 5.88. The molecule has 0 amide bonds. The Kier molecular flexibility index (Phi) is 17.5. The molecule has 2 saturated heterocycles. The van der Waals surface area contributed by atoms with Gasteiger partial charge in [0.2, 0.25) is 0 Å². The molecule has 2 aliphatic rings. The quantitative estimate of drug-likeness (QED) is 0.0697. The molecular weight excluding hydrogens is 860 g/mol. The molecule has 0 aromatic heterocycles. The molecule has 5 N–H and O–H groups in total. The molecule has 65 heavy (non-hydrogen) atoms. The number of esters is 4. The zero-order valence-corrected chi connectivity index (χ0v) is 36.3. The summed E-state index contributed by atoms with van der Waals surface area (Å²) in [5.41, 5.74) is 1.49. The maximum Gasteiger partial charge on any atom is 0.331 e. The van der Waals surface area contributed by atoms with Gasteiger partial charge in [0.1, 0.15) is 31.0 Å². The number of hydrogen-bond acceptors (Lipinski definition) is 20. The van der Waals surface area contributed by atoms with Crippen LogP contribution in [-0.2, 0) is 63.5 Å². The van der Waals surface area contributed by atoms with Crippen molar-refractivity contribution in [1.29, 1.82) is 0 Å². The molecule has 0 bridgehead atoms. The van der Waals surface area contributed by atoms with Crippen LogP contribution < -0.4 is 14.2 Å². The first-order valence-electron chi connectivity index (χ1n) is 20.1. The molecule has 20 nitrogen and oxygen atoms in total. The second-order valence-electron chi connectivity index (χ2n) is 14.7. The van der Waals surface area contributed by atoms with Gasteiger partial charge in [-0.05, 0) is 78.6 Å². The third-order valence-electron chi connectivity index (χ3n) is 10.1. The van der Waals surface area contributed by atoms with E-state index in [0.29, 0.717) is 16.7 Å². The smallest absolute Gasteiger partial charge is 0.331 e. The lowest BCUT2D eigenvalue weighted by Gasteiger charge is -2.47. The maximum absolute atomic E-state index is 13.7. The molecule has 2 heterocycles.